The highest BCUT2D eigenvalue weighted by Gasteiger charge is 2.31. The van der Waals surface area contributed by atoms with E-state index in [1.54, 1.807) is 38.1 Å². The molecule has 3 rings (SSSR count). The molecule has 9 nitrogen and oxygen atoms in total. The number of carbonyl (C=O) groups is 1. The zero-order valence-corrected chi connectivity index (χ0v) is 23.0. The maximum absolute atomic E-state index is 12.9. The molecule has 1 N–H and O–H groups in total. The van der Waals surface area contributed by atoms with Crippen molar-refractivity contribution in [3.63, 3.8) is 0 Å². The minimum Gasteiger partial charge on any atom is -0.492 e. The van der Waals surface area contributed by atoms with Gasteiger partial charge in [0.15, 0.2) is 0 Å². The summed E-state index contributed by atoms with van der Waals surface area (Å²) in [5, 5.41) is 3.13. The second-order valence-corrected chi connectivity index (χ2v) is 12.8. The second-order valence-electron chi connectivity index (χ2n) is 8.64. The van der Waals surface area contributed by atoms with Crippen molar-refractivity contribution in [2.24, 2.45) is 0 Å². The number of hydrogen-bond acceptors (Lipinski definition) is 6. The number of aryl methyl sites for hydroxylation is 1. The third kappa shape index (κ3) is 6.70. The van der Waals surface area contributed by atoms with E-state index in [4.69, 9.17) is 16.3 Å². The number of hydrogen-bond donors (Lipinski definition) is 1. The highest BCUT2D eigenvalue weighted by atomic mass is 35.5. The third-order valence-electron chi connectivity index (χ3n) is 5.94. The van der Waals surface area contributed by atoms with Crippen molar-refractivity contribution in [3.05, 3.63) is 53.1 Å². The molecular weight excluding hydrogens is 526 g/mol. The lowest BCUT2D eigenvalue weighted by molar-refractivity contribution is -0.122. The molecule has 1 amide bonds. The first kappa shape index (κ1) is 28.2. The van der Waals surface area contributed by atoms with Crippen molar-refractivity contribution < 1.29 is 26.4 Å². The number of nitrogens with zero attached hydrogens (tertiary/aromatic N) is 2. The molecule has 1 heterocycles. The van der Waals surface area contributed by atoms with Gasteiger partial charge in [-0.1, -0.05) is 24.6 Å². The van der Waals surface area contributed by atoms with Gasteiger partial charge in [-0.3, -0.25) is 9.10 Å². The van der Waals surface area contributed by atoms with Gasteiger partial charge in [0.05, 0.1) is 23.4 Å². The Hall–Kier alpha value is -2.34. The van der Waals surface area contributed by atoms with Crippen LogP contribution < -0.4 is 14.4 Å². The average Bonchev–Trinajstić information content (AvgIpc) is 3.37. The predicted octanol–water partition coefficient (Wildman–Crippen LogP) is 3.17. The normalized spacial score (nSPS) is 15.4. The summed E-state index contributed by atoms with van der Waals surface area (Å²) in [7, 11) is -7.26. The Morgan fingerprint density at radius 1 is 1.11 bits per heavy atom. The molecule has 1 saturated heterocycles. The molecule has 2 aromatic rings. The van der Waals surface area contributed by atoms with E-state index in [0.717, 1.165) is 29.0 Å². The maximum atomic E-state index is 12.9. The van der Waals surface area contributed by atoms with E-state index in [-0.39, 0.29) is 24.5 Å². The van der Waals surface area contributed by atoms with Crippen molar-refractivity contribution in [3.8, 4) is 5.75 Å². The van der Waals surface area contributed by atoms with Crippen LogP contribution in [0.2, 0.25) is 5.02 Å². The minimum absolute atomic E-state index is 0.121. The van der Waals surface area contributed by atoms with Crippen molar-refractivity contribution in [2.75, 3.05) is 36.8 Å². The zero-order chi connectivity index (χ0) is 26.5. The van der Waals surface area contributed by atoms with E-state index < -0.39 is 32.0 Å². The summed E-state index contributed by atoms with van der Waals surface area (Å²) in [4.78, 5) is 13.1. The molecule has 0 saturated carbocycles. The second kappa shape index (κ2) is 11.8. The van der Waals surface area contributed by atoms with Gasteiger partial charge < -0.3 is 10.1 Å². The Morgan fingerprint density at radius 2 is 1.75 bits per heavy atom. The first-order chi connectivity index (χ1) is 16.9. The summed E-state index contributed by atoms with van der Waals surface area (Å²) in [6.45, 7) is 4.86. The van der Waals surface area contributed by atoms with Gasteiger partial charge in [-0.25, -0.2) is 16.8 Å². The molecule has 0 unspecified atom stereocenters. The van der Waals surface area contributed by atoms with E-state index in [9.17, 15) is 21.6 Å². The number of halogens is 1. The van der Waals surface area contributed by atoms with Gasteiger partial charge in [0.1, 0.15) is 18.4 Å². The minimum atomic E-state index is -3.77. The highest BCUT2D eigenvalue weighted by Crippen LogP contribution is 2.28. The number of sulfonamides is 2. The molecular formula is C24H32ClN3O6S2. The molecule has 0 spiro atoms. The molecule has 1 aliphatic heterocycles. The van der Waals surface area contributed by atoms with Crippen LogP contribution in [-0.4, -0.2) is 65.6 Å². The van der Waals surface area contributed by atoms with Gasteiger partial charge in [-0.2, -0.15) is 4.31 Å². The number of benzene rings is 2. The molecule has 1 aliphatic rings. The van der Waals surface area contributed by atoms with Gasteiger partial charge >= 0.3 is 0 Å². The first-order valence-corrected chi connectivity index (χ1v) is 15.4. The van der Waals surface area contributed by atoms with Crippen LogP contribution in [-0.2, 0) is 24.8 Å². The Kier molecular flexibility index (Phi) is 9.26. The molecule has 0 aliphatic carbocycles. The van der Waals surface area contributed by atoms with Gasteiger partial charge in [0.25, 0.3) is 0 Å². The summed E-state index contributed by atoms with van der Waals surface area (Å²) in [6, 6.07) is 10.1. The van der Waals surface area contributed by atoms with Gasteiger partial charge in [0.2, 0.25) is 26.0 Å². The smallest absolute Gasteiger partial charge is 0.244 e. The Morgan fingerprint density at radius 3 is 2.31 bits per heavy atom. The van der Waals surface area contributed by atoms with Crippen molar-refractivity contribution in [1.82, 2.24) is 9.62 Å². The molecule has 12 heteroatoms. The molecule has 36 heavy (non-hydrogen) atoms. The monoisotopic (exact) mass is 557 g/mol. The van der Waals surface area contributed by atoms with Crippen molar-refractivity contribution in [1.29, 1.82) is 0 Å². The Labute approximate surface area is 218 Å². The Balaban J connectivity index is 1.59. The summed E-state index contributed by atoms with van der Waals surface area (Å²) >= 11 is 6.19. The number of ether oxygens (including phenoxy) is 1. The fraction of sp³-hybridized carbons (Fsp3) is 0.458. The van der Waals surface area contributed by atoms with Crippen LogP contribution >= 0.6 is 11.6 Å². The number of anilines is 1. The summed E-state index contributed by atoms with van der Waals surface area (Å²) in [5.41, 5.74) is 1.11. The van der Waals surface area contributed by atoms with Crippen LogP contribution in [0, 0.1) is 6.92 Å². The fourth-order valence-electron chi connectivity index (χ4n) is 4.03. The van der Waals surface area contributed by atoms with Gasteiger partial charge in [0, 0.05) is 18.1 Å². The molecule has 2 aromatic carbocycles. The summed E-state index contributed by atoms with van der Waals surface area (Å²) < 4.78 is 58.6. The summed E-state index contributed by atoms with van der Waals surface area (Å²) in [5.74, 6) is -0.000927. The average molecular weight is 558 g/mol. The molecule has 1 fully saturated rings. The van der Waals surface area contributed by atoms with Crippen LogP contribution in [0.3, 0.4) is 0 Å². The zero-order valence-electron chi connectivity index (χ0n) is 20.6. The molecule has 1 atom stereocenters. The molecule has 198 valence electrons. The van der Waals surface area contributed by atoms with Crippen LogP contribution in [0.25, 0.3) is 0 Å². The Bertz CT molecular complexity index is 1280. The number of nitrogens with one attached hydrogen (secondary N) is 1. The van der Waals surface area contributed by atoms with Crippen molar-refractivity contribution >= 4 is 43.2 Å². The lowest BCUT2D eigenvalue weighted by Crippen LogP contribution is -2.50. The van der Waals surface area contributed by atoms with E-state index in [0.29, 0.717) is 29.5 Å². The lowest BCUT2D eigenvalue weighted by Gasteiger charge is -2.30. The van der Waals surface area contributed by atoms with Crippen molar-refractivity contribution in [2.45, 2.75) is 44.0 Å². The number of amides is 1. The maximum Gasteiger partial charge on any atom is 0.244 e. The van der Waals surface area contributed by atoms with E-state index >= 15 is 0 Å². The van der Waals surface area contributed by atoms with E-state index in [1.165, 1.54) is 22.5 Å². The van der Waals surface area contributed by atoms with Crippen LogP contribution in [0.5, 0.6) is 5.75 Å². The topological polar surface area (TPSA) is 113 Å². The molecule has 0 bridgehead atoms. The first-order valence-electron chi connectivity index (χ1n) is 11.7. The molecule has 0 radical (unpaired) electrons. The van der Waals surface area contributed by atoms with E-state index in [2.05, 4.69) is 5.32 Å². The largest absolute Gasteiger partial charge is 0.492 e. The van der Waals surface area contributed by atoms with E-state index in [1.807, 2.05) is 0 Å². The van der Waals surface area contributed by atoms with Crippen LogP contribution in [0.1, 0.15) is 31.7 Å². The predicted molar refractivity (Wildman–Crippen MR) is 141 cm³/mol. The summed E-state index contributed by atoms with van der Waals surface area (Å²) in [6.07, 6.45) is 3.03. The molecule has 0 aromatic heterocycles. The standard InChI is InChI=1S/C24H32ClN3O6S2/c1-4-23(28(35(3,30)31)19-8-7-18(2)22(25)17-19)24(29)26-13-16-34-20-9-11-21(12-10-20)36(32,33)27-14-5-6-15-27/h7-12,17,23H,4-6,13-16H2,1-3H3,(H,26,29)/t23-/m0/s1. The number of carbonyl (C=O) groups excluding carboxylic acids is 1. The lowest BCUT2D eigenvalue weighted by atomic mass is 10.1. The quantitative estimate of drug-likeness (QED) is 0.425. The highest BCUT2D eigenvalue weighted by molar-refractivity contribution is 7.92. The van der Waals surface area contributed by atoms with Gasteiger partial charge in [-0.15, -0.1) is 0 Å². The SMILES string of the molecule is CC[C@@H](C(=O)NCCOc1ccc(S(=O)(=O)N2CCCC2)cc1)N(c1ccc(C)c(Cl)c1)S(C)(=O)=O. The number of rotatable bonds is 11. The fourth-order valence-corrected chi connectivity index (χ4v) is 6.92. The van der Waals surface area contributed by atoms with Gasteiger partial charge in [-0.05, 0) is 68.1 Å². The third-order valence-corrected chi connectivity index (χ3v) is 9.44. The van der Waals surface area contributed by atoms with Crippen LogP contribution in [0.15, 0.2) is 47.4 Å². The van der Waals surface area contributed by atoms with Crippen LogP contribution in [0.4, 0.5) is 5.69 Å².